The topological polar surface area (TPSA) is 68.2 Å². The zero-order chi connectivity index (χ0) is 17.9. The summed E-state index contributed by atoms with van der Waals surface area (Å²) in [6.07, 6.45) is 10.1. The van der Waals surface area contributed by atoms with Crippen molar-refractivity contribution in [3.05, 3.63) is 11.9 Å². The van der Waals surface area contributed by atoms with Gasteiger partial charge in [0.2, 0.25) is 0 Å². The molecule has 1 aromatic heterocycles. The van der Waals surface area contributed by atoms with Crippen LogP contribution in [0.3, 0.4) is 0 Å². The molecule has 2 N–H and O–H groups in total. The molecule has 3 rings (SSSR count). The number of aromatic nitrogens is 2. The minimum Gasteiger partial charge on any atom is -0.373 e. The van der Waals surface area contributed by atoms with Crippen LogP contribution in [0, 0.1) is 0 Å². The normalized spacial score (nSPS) is 22.0. The Morgan fingerprint density at radius 3 is 2.72 bits per heavy atom. The number of nitrogens with one attached hydrogen (secondary N) is 2. The SMILES string of the molecule is CCc1c(NC(=O)NC2CCOC23CCCC3)cnn1C(CC)CC. The highest BCUT2D eigenvalue weighted by molar-refractivity contribution is 5.90. The lowest BCUT2D eigenvalue weighted by molar-refractivity contribution is -0.00230. The van der Waals surface area contributed by atoms with E-state index >= 15 is 0 Å². The Morgan fingerprint density at radius 2 is 2.08 bits per heavy atom. The average Bonchev–Trinajstić information content (AvgIpc) is 3.32. The maximum Gasteiger partial charge on any atom is 0.319 e. The van der Waals surface area contributed by atoms with E-state index in [-0.39, 0.29) is 17.7 Å². The van der Waals surface area contributed by atoms with Crippen molar-refractivity contribution in [1.29, 1.82) is 0 Å². The van der Waals surface area contributed by atoms with E-state index in [0.29, 0.717) is 6.04 Å². The standard InChI is InChI=1S/C19H32N4O2/c1-4-14(5-2)23-16(6-3)15(13-20-23)21-18(24)22-17-9-12-25-19(17)10-7-8-11-19/h13-14,17H,4-12H2,1-3H3,(H2,21,22,24). The molecular weight excluding hydrogens is 316 g/mol. The summed E-state index contributed by atoms with van der Waals surface area (Å²) in [4.78, 5) is 12.6. The van der Waals surface area contributed by atoms with Gasteiger partial charge in [-0.05, 0) is 38.5 Å². The molecule has 1 saturated heterocycles. The maximum absolute atomic E-state index is 12.6. The van der Waals surface area contributed by atoms with Gasteiger partial charge in [-0.3, -0.25) is 4.68 Å². The first kappa shape index (κ1) is 18.2. The Balaban J connectivity index is 1.67. The summed E-state index contributed by atoms with van der Waals surface area (Å²) in [7, 11) is 0. The number of hydrogen-bond acceptors (Lipinski definition) is 3. The molecule has 1 aromatic rings. The number of amides is 2. The first-order valence-electron chi connectivity index (χ1n) is 9.91. The molecular formula is C19H32N4O2. The van der Waals surface area contributed by atoms with Crippen LogP contribution in [0.5, 0.6) is 0 Å². The van der Waals surface area contributed by atoms with Gasteiger partial charge < -0.3 is 15.4 Å². The van der Waals surface area contributed by atoms with Gasteiger partial charge in [-0.2, -0.15) is 5.10 Å². The van der Waals surface area contributed by atoms with E-state index in [2.05, 4.69) is 41.2 Å². The van der Waals surface area contributed by atoms with Gasteiger partial charge in [0.1, 0.15) is 0 Å². The van der Waals surface area contributed by atoms with Crippen molar-refractivity contribution < 1.29 is 9.53 Å². The van der Waals surface area contributed by atoms with Crippen LogP contribution in [0.1, 0.15) is 77.5 Å². The van der Waals surface area contributed by atoms with Gasteiger partial charge in [0, 0.05) is 6.61 Å². The first-order chi connectivity index (χ1) is 12.1. The Kier molecular flexibility index (Phi) is 5.67. The van der Waals surface area contributed by atoms with Crippen molar-refractivity contribution in [2.24, 2.45) is 0 Å². The molecule has 2 amide bonds. The summed E-state index contributed by atoms with van der Waals surface area (Å²) in [6.45, 7) is 7.21. The molecule has 1 spiro atoms. The number of carbonyl (C=O) groups is 1. The van der Waals surface area contributed by atoms with Crippen molar-refractivity contribution in [2.75, 3.05) is 11.9 Å². The van der Waals surface area contributed by atoms with Crippen LogP contribution in [0.25, 0.3) is 0 Å². The highest BCUT2D eigenvalue weighted by atomic mass is 16.5. The van der Waals surface area contributed by atoms with Crippen LogP contribution in [-0.4, -0.2) is 34.1 Å². The highest BCUT2D eigenvalue weighted by Gasteiger charge is 2.46. The van der Waals surface area contributed by atoms with E-state index in [1.165, 1.54) is 12.8 Å². The lowest BCUT2D eigenvalue weighted by Gasteiger charge is -2.30. The summed E-state index contributed by atoms with van der Waals surface area (Å²) < 4.78 is 8.09. The molecule has 1 aliphatic heterocycles. The smallest absolute Gasteiger partial charge is 0.319 e. The molecule has 0 radical (unpaired) electrons. The van der Waals surface area contributed by atoms with E-state index in [1.54, 1.807) is 6.20 Å². The van der Waals surface area contributed by atoms with Crippen molar-refractivity contribution in [1.82, 2.24) is 15.1 Å². The van der Waals surface area contributed by atoms with E-state index in [9.17, 15) is 4.79 Å². The number of carbonyl (C=O) groups excluding carboxylic acids is 1. The molecule has 6 nitrogen and oxygen atoms in total. The predicted octanol–water partition coefficient (Wildman–Crippen LogP) is 4.03. The lowest BCUT2D eigenvalue weighted by atomic mass is 9.93. The van der Waals surface area contributed by atoms with Crippen molar-refractivity contribution in [3.63, 3.8) is 0 Å². The van der Waals surface area contributed by atoms with Crippen LogP contribution < -0.4 is 10.6 Å². The van der Waals surface area contributed by atoms with Gasteiger partial charge in [0.15, 0.2) is 0 Å². The fraction of sp³-hybridized carbons (Fsp3) is 0.789. The highest BCUT2D eigenvalue weighted by Crippen LogP contribution is 2.41. The largest absolute Gasteiger partial charge is 0.373 e. The zero-order valence-corrected chi connectivity index (χ0v) is 15.8. The Hall–Kier alpha value is -1.56. The third kappa shape index (κ3) is 3.54. The zero-order valence-electron chi connectivity index (χ0n) is 15.8. The number of ether oxygens (including phenoxy) is 1. The molecule has 2 heterocycles. The summed E-state index contributed by atoms with van der Waals surface area (Å²) in [5.41, 5.74) is 1.80. The molecule has 2 fully saturated rings. The number of rotatable bonds is 6. The van der Waals surface area contributed by atoms with Crippen LogP contribution in [0.15, 0.2) is 6.20 Å². The molecule has 2 aliphatic rings. The van der Waals surface area contributed by atoms with Crippen molar-refractivity contribution >= 4 is 11.7 Å². The summed E-state index contributed by atoms with van der Waals surface area (Å²) in [5.74, 6) is 0. The predicted molar refractivity (Wildman–Crippen MR) is 98.9 cm³/mol. The van der Waals surface area contributed by atoms with Crippen LogP contribution >= 0.6 is 0 Å². The fourth-order valence-corrected chi connectivity index (χ4v) is 4.52. The van der Waals surface area contributed by atoms with E-state index in [0.717, 1.165) is 56.5 Å². The number of anilines is 1. The monoisotopic (exact) mass is 348 g/mol. The second-order valence-corrected chi connectivity index (χ2v) is 7.33. The molecule has 6 heteroatoms. The minimum atomic E-state index is -0.138. The van der Waals surface area contributed by atoms with E-state index in [4.69, 9.17) is 4.74 Å². The maximum atomic E-state index is 12.6. The van der Waals surface area contributed by atoms with E-state index in [1.807, 2.05) is 0 Å². The molecule has 1 aliphatic carbocycles. The summed E-state index contributed by atoms with van der Waals surface area (Å²) >= 11 is 0. The molecule has 140 valence electrons. The van der Waals surface area contributed by atoms with Crippen molar-refractivity contribution in [2.45, 2.75) is 89.8 Å². The van der Waals surface area contributed by atoms with Gasteiger partial charge in [-0.15, -0.1) is 0 Å². The average molecular weight is 348 g/mol. The Labute approximate surface area is 150 Å². The van der Waals surface area contributed by atoms with Crippen LogP contribution in [0.4, 0.5) is 10.5 Å². The Bertz CT molecular complexity index is 583. The number of hydrogen-bond donors (Lipinski definition) is 2. The van der Waals surface area contributed by atoms with Gasteiger partial charge in [-0.25, -0.2) is 4.79 Å². The number of urea groups is 1. The second kappa shape index (κ2) is 7.77. The van der Waals surface area contributed by atoms with Gasteiger partial charge in [-0.1, -0.05) is 33.6 Å². The fourth-order valence-electron chi connectivity index (χ4n) is 4.52. The molecule has 1 unspecified atom stereocenters. The van der Waals surface area contributed by atoms with Gasteiger partial charge >= 0.3 is 6.03 Å². The van der Waals surface area contributed by atoms with Gasteiger partial charge in [0.25, 0.3) is 0 Å². The first-order valence-corrected chi connectivity index (χ1v) is 9.91. The molecule has 0 aromatic carbocycles. The molecule has 25 heavy (non-hydrogen) atoms. The quantitative estimate of drug-likeness (QED) is 0.815. The third-order valence-electron chi connectivity index (χ3n) is 5.96. The van der Waals surface area contributed by atoms with Crippen molar-refractivity contribution in [3.8, 4) is 0 Å². The molecule has 1 saturated carbocycles. The Morgan fingerprint density at radius 1 is 1.36 bits per heavy atom. The van der Waals surface area contributed by atoms with Crippen LogP contribution in [0.2, 0.25) is 0 Å². The number of nitrogens with zero attached hydrogens (tertiary/aromatic N) is 2. The van der Waals surface area contributed by atoms with Crippen LogP contribution in [-0.2, 0) is 11.2 Å². The summed E-state index contributed by atoms with van der Waals surface area (Å²) in [6, 6.07) is 0.369. The second-order valence-electron chi connectivity index (χ2n) is 7.33. The molecule has 0 bridgehead atoms. The lowest BCUT2D eigenvalue weighted by Crippen LogP contribution is -2.49. The van der Waals surface area contributed by atoms with E-state index < -0.39 is 0 Å². The molecule has 1 atom stereocenters. The van der Waals surface area contributed by atoms with Gasteiger partial charge in [0.05, 0.1) is 35.3 Å². The summed E-state index contributed by atoms with van der Waals surface area (Å²) in [5, 5.41) is 10.7. The minimum absolute atomic E-state index is 0.120. The third-order valence-corrected chi connectivity index (χ3v) is 5.96.